The van der Waals surface area contributed by atoms with Gasteiger partial charge in [0.2, 0.25) is 0 Å². The van der Waals surface area contributed by atoms with Gasteiger partial charge in [-0.1, -0.05) is 6.08 Å². The van der Waals surface area contributed by atoms with Crippen LogP contribution in [0.25, 0.3) is 0 Å². The highest BCUT2D eigenvalue weighted by molar-refractivity contribution is 5.94. The first kappa shape index (κ1) is 8.93. The third-order valence-corrected chi connectivity index (χ3v) is 1.75. The average molecular weight is 170 g/mol. The zero-order valence-corrected chi connectivity index (χ0v) is 6.74. The number of esters is 1. The fourth-order valence-corrected chi connectivity index (χ4v) is 1.11. The van der Waals surface area contributed by atoms with Crippen molar-refractivity contribution in [2.75, 3.05) is 7.11 Å². The number of hydrogen-bond acceptors (Lipinski definition) is 4. The van der Waals surface area contributed by atoms with Gasteiger partial charge in [-0.15, -0.1) is 0 Å². The van der Waals surface area contributed by atoms with Gasteiger partial charge in [-0.2, -0.15) is 0 Å². The molecule has 0 amide bonds. The van der Waals surface area contributed by atoms with Crippen LogP contribution in [-0.2, 0) is 14.3 Å². The number of allylic oxidation sites excluding steroid dienone is 1. The van der Waals surface area contributed by atoms with Crippen LogP contribution in [0.2, 0.25) is 0 Å². The Labute approximate surface area is 69.8 Å². The molecule has 0 bridgehead atoms. The summed E-state index contributed by atoms with van der Waals surface area (Å²) in [5.74, 6) is -0.620. The van der Waals surface area contributed by atoms with Crippen LogP contribution in [0.3, 0.4) is 0 Å². The molecule has 0 saturated carbocycles. The van der Waals surface area contributed by atoms with Crippen LogP contribution in [0.1, 0.15) is 12.8 Å². The summed E-state index contributed by atoms with van der Waals surface area (Å²) < 4.78 is 4.42. The molecule has 0 aliphatic heterocycles. The molecule has 1 aliphatic carbocycles. The highest BCUT2D eigenvalue weighted by Gasteiger charge is 2.25. The predicted molar refractivity (Wildman–Crippen MR) is 40.3 cm³/mol. The topological polar surface area (TPSA) is 63.6 Å². The molecule has 66 valence electrons. The van der Waals surface area contributed by atoms with Crippen molar-refractivity contribution >= 4 is 11.8 Å². The van der Waals surface area contributed by atoms with E-state index >= 15 is 0 Å². The molecule has 0 fully saturated rings. The van der Waals surface area contributed by atoms with Gasteiger partial charge < -0.3 is 9.84 Å². The number of aliphatic hydroxyl groups is 1. The lowest BCUT2D eigenvalue weighted by atomic mass is 9.96. The van der Waals surface area contributed by atoms with Crippen molar-refractivity contribution in [2.24, 2.45) is 0 Å². The van der Waals surface area contributed by atoms with Crippen LogP contribution in [0.15, 0.2) is 11.6 Å². The summed E-state index contributed by atoms with van der Waals surface area (Å²) in [7, 11) is 1.24. The molecule has 4 nitrogen and oxygen atoms in total. The molecule has 1 rings (SSSR count). The summed E-state index contributed by atoms with van der Waals surface area (Å²) in [4.78, 5) is 21.7. The molecule has 1 aliphatic rings. The summed E-state index contributed by atoms with van der Waals surface area (Å²) >= 11 is 0. The molecule has 0 saturated heterocycles. The molecule has 0 aromatic heterocycles. The molecule has 1 unspecified atom stereocenters. The van der Waals surface area contributed by atoms with Gasteiger partial charge in [-0.25, -0.2) is 4.79 Å². The number of carbonyl (C=O) groups is 2. The Morgan fingerprint density at radius 2 is 2.42 bits per heavy atom. The number of carbonyl (C=O) groups excluding carboxylic acids is 2. The van der Waals surface area contributed by atoms with E-state index in [2.05, 4.69) is 4.74 Å². The fourth-order valence-electron chi connectivity index (χ4n) is 1.11. The quantitative estimate of drug-likeness (QED) is 0.554. The second-order valence-electron chi connectivity index (χ2n) is 2.61. The SMILES string of the molecule is COC(=O)C1=CCC(=O)CC1O. The van der Waals surface area contributed by atoms with E-state index in [4.69, 9.17) is 0 Å². The number of rotatable bonds is 1. The monoisotopic (exact) mass is 170 g/mol. The molecular weight excluding hydrogens is 160 g/mol. The van der Waals surface area contributed by atoms with E-state index < -0.39 is 12.1 Å². The molecule has 12 heavy (non-hydrogen) atoms. The fraction of sp³-hybridized carbons (Fsp3) is 0.500. The maximum atomic E-state index is 10.9. The molecule has 0 aromatic rings. The van der Waals surface area contributed by atoms with Crippen molar-refractivity contribution < 1.29 is 19.4 Å². The van der Waals surface area contributed by atoms with Crippen molar-refractivity contribution in [1.29, 1.82) is 0 Å². The number of ketones is 1. The third kappa shape index (κ3) is 1.71. The maximum Gasteiger partial charge on any atom is 0.336 e. The summed E-state index contributed by atoms with van der Waals surface area (Å²) in [5, 5.41) is 9.25. The third-order valence-electron chi connectivity index (χ3n) is 1.75. The average Bonchev–Trinajstić information content (AvgIpc) is 2.03. The molecular formula is C8H10O4. The van der Waals surface area contributed by atoms with Crippen LogP contribution in [-0.4, -0.2) is 30.1 Å². The van der Waals surface area contributed by atoms with Crippen LogP contribution < -0.4 is 0 Å². The van der Waals surface area contributed by atoms with E-state index in [1.807, 2.05) is 0 Å². The van der Waals surface area contributed by atoms with Gasteiger partial charge in [0.1, 0.15) is 5.78 Å². The highest BCUT2D eigenvalue weighted by Crippen LogP contribution is 2.16. The van der Waals surface area contributed by atoms with E-state index in [1.54, 1.807) is 0 Å². The Balaban J connectivity index is 2.77. The van der Waals surface area contributed by atoms with Gasteiger partial charge in [-0.05, 0) is 0 Å². The minimum atomic E-state index is -0.987. The van der Waals surface area contributed by atoms with Gasteiger partial charge in [0.25, 0.3) is 0 Å². The maximum absolute atomic E-state index is 10.9. The normalized spacial score (nSPS) is 23.3. The lowest BCUT2D eigenvalue weighted by Gasteiger charge is -2.16. The summed E-state index contributed by atoms with van der Waals surface area (Å²) in [5.41, 5.74) is 0.192. The van der Waals surface area contributed by atoms with Gasteiger partial charge in [0, 0.05) is 12.8 Å². The van der Waals surface area contributed by atoms with Gasteiger partial charge in [-0.3, -0.25) is 4.79 Å². The molecule has 0 heterocycles. The predicted octanol–water partition coefficient (Wildman–Crippen LogP) is -0.190. The van der Waals surface area contributed by atoms with Crippen LogP contribution in [0, 0.1) is 0 Å². The molecule has 1 N–H and O–H groups in total. The molecule has 4 heteroatoms. The second-order valence-corrected chi connectivity index (χ2v) is 2.61. The summed E-state index contributed by atoms with van der Waals surface area (Å²) in [6, 6.07) is 0. The molecule has 0 radical (unpaired) electrons. The Kier molecular flexibility index (Phi) is 2.60. The van der Waals surface area contributed by atoms with E-state index in [9.17, 15) is 14.7 Å². The van der Waals surface area contributed by atoms with Crippen molar-refractivity contribution in [3.8, 4) is 0 Å². The Hall–Kier alpha value is -1.16. The standard InChI is InChI=1S/C8H10O4/c1-12-8(11)6-3-2-5(9)4-7(6)10/h3,7,10H,2,4H2,1H3. The lowest BCUT2D eigenvalue weighted by molar-refractivity contribution is -0.137. The Morgan fingerprint density at radius 3 is 2.92 bits per heavy atom. The van der Waals surface area contributed by atoms with Crippen molar-refractivity contribution in [3.05, 3.63) is 11.6 Å². The number of aliphatic hydroxyl groups excluding tert-OH is 1. The lowest BCUT2D eigenvalue weighted by Crippen LogP contribution is -2.25. The van der Waals surface area contributed by atoms with Crippen molar-refractivity contribution in [2.45, 2.75) is 18.9 Å². The molecule has 0 aromatic carbocycles. The highest BCUT2D eigenvalue weighted by atomic mass is 16.5. The first-order valence-corrected chi connectivity index (χ1v) is 3.63. The smallest absolute Gasteiger partial charge is 0.336 e. The van der Waals surface area contributed by atoms with Gasteiger partial charge in [0.05, 0.1) is 18.8 Å². The first-order valence-electron chi connectivity index (χ1n) is 3.63. The molecule has 0 spiro atoms. The minimum absolute atomic E-state index is 0.0148. The number of hydrogen-bond donors (Lipinski definition) is 1. The summed E-state index contributed by atoms with van der Waals surface area (Å²) in [6.45, 7) is 0. The van der Waals surface area contributed by atoms with E-state index in [0.717, 1.165) is 0 Å². The second kappa shape index (κ2) is 3.49. The largest absolute Gasteiger partial charge is 0.466 e. The first-order chi connectivity index (χ1) is 5.65. The van der Waals surface area contributed by atoms with Crippen molar-refractivity contribution in [1.82, 2.24) is 0 Å². The van der Waals surface area contributed by atoms with Crippen molar-refractivity contribution in [3.63, 3.8) is 0 Å². The summed E-state index contributed by atoms with van der Waals surface area (Å²) in [6.07, 6.45) is 0.656. The van der Waals surface area contributed by atoms with E-state index in [-0.39, 0.29) is 24.2 Å². The Morgan fingerprint density at radius 1 is 1.75 bits per heavy atom. The zero-order chi connectivity index (χ0) is 9.14. The van der Waals surface area contributed by atoms with Gasteiger partial charge in [0.15, 0.2) is 0 Å². The van der Waals surface area contributed by atoms with Gasteiger partial charge >= 0.3 is 5.97 Å². The van der Waals surface area contributed by atoms with E-state index in [0.29, 0.717) is 0 Å². The number of Topliss-reactive ketones (excluding diaryl/α,β-unsaturated/α-hetero) is 1. The van der Waals surface area contributed by atoms with Crippen LogP contribution in [0.5, 0.6) is 0 Å². The number of methoxy groups -OCH3 is 1. The molecule has 1 atom stereocenters. The Bertz CT molecular complexity index is 241. The van der Waals surface area contributed by atoms with Crippen LogP contribution in [0.4, 0.5) is 0 Å². The van der Waals surface area contributed by atoms with Crippen LogP contribution >= 0.6 is 0 Å². The minimum Gasteiger partial charge on any atom is -0.466 e. The number of ether oxygens (including phenoxy) is 1. The van der Waals surface area contributed by atoms with E-state index in [1.165, 1.54) is 13.2 Å². The zero-order valence-electron chi connectivity index (χ0n) is 6.74.